The van der Waals surface area contributed by atoms with Crippen LogP contribution in [0.15, 0.2) is 36.4 Å². The van der Waals surface area contributed by atoms with Crippen molar-refractivity contribution in [3.8, 4) is 17.2 Å². The molecule has 1 amide bonds. The van der Waals surface area contributed by atoms with Crippen LogP contribution in [0.5, 0.6) is 17.2 Å². The molecule has 5 N–H and O–H groups in total. The Morgan fingerprint density at radius 3 is 2.64 bits per heavy atom. The molecule has 1 atom stereocenters. The van der Waals surface area contributed by atoms with E-state index in [-0.39, 0.29) is 35.6 Å². The number of nitrogens with two attached hydrogens (primary N) is 1. The van der Waals surface area contributed by atoms with Gasteiger partial charge in [-0.1, -0.05) is 6.07 Å². The molecule has 1 fully saturated rings. The number of piperidine rings is 1. The minimum atomic E-state index is -0.254. The number of hydrogen-bond donors (Lipinski definition) is 4. The van der Waals surface area contributed by atoms with Crippen molar-refractivity contribution in [3.63, 3.8) is 0 Å². The summed E-state index contributed by atoms with van der Waals surface area (Å²) in [6.07, 6.45) is 2.66. The Labute approximate surface area is 163 Å². The zero-order valence-electron chi connectivity index (χ0n) is 15.8. The number of nitrogen functional groups attached to an aromatic ring is 1. The van der Waals surface area contributed by atoms with Crippen LogP contribution in [-0.4, -0.2) is 45.9 Å². The van der Waals surface area contributed by atoms with Crippen molar-refractivity contribution in [2.24, 2.45) is 0 Å². The normalized spacial score (nSPS) is 16.6. The average molecular weight is 383 g/mol. The minimum absolute atomic E-state index is 0.147. The lowest BCUT2D eigenvalue weighted by atomic mass is 10.0. The summed E-state index contributed by atoms with van der Waals surface area (Å²) in [5.41, 5.74) is 7.58. The van der Waals surface area contributed by atoms with Gasteiger partial charge < -0.3 is 31.0 Å². The third-order valence-corrected chi connectivity index (χ3v) is 4.90. The average Bonchev–Trinajstić information content (AvgIpc) is 2.65. The highest BCUT2D eigenvalue weighted by Gasteiger charge is 2.29. The molecule has 1 saturated heterocycles. The second-order valence-corrected chi connectivity index (χ2v) is 7.04. The summed E-state index contributed by atoms with van der Waals surface area (Å²) < 4.78 is 5.97. The molecule has 0 radical (unpaired) electrons. The molecule has 0 spiro atoms. The van der Waals surface area contributed by atoms with Crippen LogP contribution in [0.1, 0.15) is 42.1 Å². The molecule has 28 heavy (non-hydrogen) atoms. The lowest BCUT2D eigenvalue weighted by Gasteiger charge is -2.35. The number of phenolic OH excluding ortho intramolecular Hbond substituents is 2. The topological polar surface area (TPSA) is 120 Å². The third kappa shape index (κ3) is 4.19. The zero-order valence-corrected chi connectivity index (χ0v) is 15.8. The Bertz CT molecular complexity index is 877. The van der Waals surface area contributed by atoms with E-state index >= 15 is 0 Å². The number of aromatic hydroxyl groups is 2. The van der Waals surface area contributed by atoms with Crippen LogP contribution in [0.2, 0.25) is 0 Å². The summed E-state index contributed by atoms with van der Waals surface area (Å²) in [6.45, 7) is 2.51. The largest absolute Gasteiger partial charge is 0.508 e. The summed E-state index contributed by atoms with van der Waals surface area (Å²) in [4.78, 5) is 14.7. The smallest absolute Gasteiger partial charge is 0.254 e. The molecular weight excluding hydrogens is 358 g/mol. The first-order chi connectivity index (χ1) is 13.4. The number of carbonyl (C=O) groups excluding carboxylic acids is 1. The Morgan fingerprint density at radius 2 is 1.96 bits per heavy atom. The summed E-state index contributed by atoms with van der Waals surface area (Å²) in [5, 5.41) is 27.3. The van der Waals surface area contributed by atoms with Gasteiger partial charge in [0, 0.05) is 29.6 Å². The maximum atomic E-state index is 12.9. The Morgan fingerprint density at radius 1 is 1.25 bits per heavy atom. The van der Waals surface area contributed by atoms with Gasteiger partial charge in [0.2, 0.25) is 0 Å². The fourth-order valence-electron chi connectivity index (χ4n) is 3.58. The van der Waals surface area contributed by atoms with E-state index in [0.717, 1.165) is 19.3 Å². The molecule has 2 aromatic rings. The standard InChI is InChI=1S/C21H25N3O4/c1-13(22)20-18(23)6-4-7-19(20)28-12-15-5-2-3-8-24(15)21(27)14-9-16(25)11-17(26)10-14/h4,6-7,9-11,15,22,25-26H,2-3,5,8,12,23H2,1H3. The molecule has 1 aliphatic heterocycles. The van der Waals surface area contributed by atoms with Crippen LogP contribution >= 0.6 is 0 Å². The van der Waals surface area contributed by atoms with Crippen LogP contribution in [0.4, 0.5) is 5.69 Å². The highest BCUT2D eigenvalue weighted by molar-refractivity contribution is 6.03. The van der Waals surface area contributed by atoms with Crippen LogP contribution in [0.25, 0.3) is 0 Å². The highest BCUT2D eigenvalue weighted by atomic mass is 16.5. The van der Waals surface area contributed by atoms with Gasteiger partial charge in [-0.25, -0.2) is 0 Å². The summed E-state index contributed by atoms with van der Waals surface area (Å²) in [7, 11) is 0. The molecule has 1 heterocycles. The Kier molecular flexibility index (Phi) is 5.73. The molecule has 0 saturated carbocycles. The molecule has 1 unspecified atom stereocenters. The monoisotopic (exact) mass is 383 g/mol. The maximum Gasteiger partial charge on any atom is 0.254 e. The molecule has 1 aliphatic rings. The molecule has 0 bridgehead atoms. The van der Waals surface area contributed by atoms with Crippen molar-refractivity contribution >= 4 is 17.3 Å². The fourth-order valence-corrected chi connectivity index (χ4v) is 3.58. The molecule has 0 aromatic heterocycles. The van der Waals surface area contributed by atoms with Crippen LogP contribution in [0, 0.1) is 5.41 Å². The lowest BCUT2D eigenvalue weighted by Crippen LogP contribution is -2.46. The van der Waals surface area contributed by atoms with Gasteiger partial charge in [-0.15, -0.1) is 0 Å². The van der Waals surface area contributed by atoms with E-state index in [1.807, 2.05) is 0 Å². The first kappa shape index (κ1) is 19.5. The van der Waals surface area contributed by atoms with Gasteiger partial charge in [-0.2, -0.15) is 0 Å². The molecule has 148 valence electrons. The summed E-state index contributed by atoms with van der Waals surface area (Å²) in [6, 6.07) is 9.01. The van der Waals surface area contributed by atoms with Gasteiger partial charge in [0.25, 0.3) is 5.91 Å². The van der Waals surface area contributed by atoms with E-state index in [4.69, 9.17) is 15.9 Å². The Balaban J connectivity index is 1.78. The number of amides is 1. The van der Waals surface area contributed by atoms with Gasteiger partial charge >= 0.3 is 0 Å². The van der Waals surface area contributed by atoms with Crippen LogP contribution < -0.4 is 10.5 Å². The SMILES string of the molecule is CC(=N)c1c(N)cccc1OCC1CCCCN1C(=O)c1cc(O)cc(O)c1. The van der Waals surface area contributed by atoms with E-state index in [1.54, 1.807) is 30.0 Å². The minimum Gasteiger partial charge on any atom is -0.508 e. The highest BCUT2D eigenvalue weighted by Crippen LogP contribution is 2.28. The van der Waals surface area contributed by atoms with Gasteiger partial charge in [0.1, 0.15) is 23.9 Å². The number of nitrogens with one attached hydrogen (secondary N) is 1. The van der Waals surface area contributed by atoms with Gasteiger partial charge in [0.05, 0.1) is 11.6 Å². The molecule has 7 nitrogen and oxygen atoms in total. The number of likely N-dealkylation sites (tertiary alicyclic amines) is 1. The zero-order chi connectivity index (χ0) is 20.3. The number of ether oxygens (including phenoxy) is 1. The van der Waals surface area contributed by atoms with E-state index in [1.165, 1.54) is 18.2 Å². The number of anilines is 1. The van der Waals surface area contributed by atoms with Crippen LogP contribution in [-0.2, 0) is 0 Å². The number of nitrogens with zero attached hydrogens (tertiary/aromatic N) is 1. The first-order valence-electron chi connectivity index (χ1n) is 9.27. The van der Waals surface area contributed by atoms with Crippen molar-refractivity contribution < 1.29 is 19.7 Å². The van der Waals surface area contributed by atoms with Crippen molar-refractivity contribution in [2.75, 3.05) is 18.9 Å². The Hall–Kier alpha value is -3.22. The number of hydrogen-bond acceptors (Lipinski definition) is 6. The maximum absolute atomic E-state index is 12.9. The quantitative estimate of drug-likeness (QED) is 0.467. The number of carbonyl (C=O) groups is 1. The van der Waals surface area contributed by atoms with Gasteiger partial charge in [0.15, 0.2) is 0 Å². The van der Waals surface area contributed by atoms with Crippen LogP contribution in [0.3, 0.4) is 0 Å². The van der Waals surface area contributed by atoms with Crippen molar-refractivity contribution in [1.82, 2.24) is 4.90 Å². The number of benzene rings is 2. The van der Waals surface area contributed by atoms with E-state index < -0.39 is 0 Å². The van der Waals surface area contributed by atoms with Crippen molar-refractivity contribution in [3.05, 3.63) is 47.5 Å². The third-order valence-electron chi connectivity index (χ3n) is 4.90. The van der Waals surface area contributed by atoms with Crippen molar-refractivity contribution in [1.29, 1.82) is 5.41 Å². The van der Waals surface area contributed by atoms with Crippen molar-refractivity contribution in [2.45, 2.75) is 32.2 Å². The second kappa shape index (κ2) is 8.21. The molecule has 0 aliphatic carbocycles. The number of rotatable bonds is 5. The van der Waals surface area contributed by atoms with Gasteiger partial charge in [-0.05, 0) is 50.5 Å². The molecule has 2 aromatic carbocycles. The first-order valence-corrected chi connectivity index (χ1v) is 9.27. The fraction of sp³-hybridized carbons (Fsp3) is 0.333. The summed E-state index contributed by atoms with van der Waals surface area (Å²) in [5.74, 6) is -0.0333. The molecule has 7 heteroatoms. The molecule has 3 rings (SSSR count). The second-order valence-electron chi connectivity index (χ2n) is 7.04. The summed E-state index contributed by atoms with van der Waals surface area (Å²) >= 11 is 0. The van der Waals surface area contributed by atoms with E-state index in [2.05, 4.69) is 0 Å². The van der Waals surface area contributed by atoms with E-state index in [0.29, 0.717) is 29.3 Å². The lowest BCUT2D eigenvalue weighted by molar-refractivity contribution is 0.0527. The van der Waals surface area contributed by atoms with E-state index in [9.17, 15) is 15.0 Å². The number of phenols is 2. The van der Waals surface area contributed by atoms with Gasteiger partial charge in [-0.3, -0.25) is 4.79 Å². The predicted molar refractivity (Wildman–Crippen MR) is 107 cm³/mol. The molecular formula is C21H25N3O4. The predicted octanol–water partition coefficient (Wildman–Crippen LogP) is 3.14.